The zero-order valence-corrected chi connectivity index (χ0v) is 12.3. The van der Waals surface area contributed by atoms with Gasteiger partial charge >= 0.3 is 0 Å². The van der Waals surface area contributed by atoms with E-state index in [2.05, 4.69) is 5.32 Å². The van der Waals surface area contributed by atoms with Crippen LogP contribution in [0.25, 0.3) is 0 Å². The summed E-state index contributed by atoms with van der Waals surface area (Å²) in [5, 5.41) is 3.19. The molecule has 0 aromatic carbocycles. The summed E-state index contributed by atoms with van der Waals surface area (Å²) in [4.78, 5) is 0.114. The molecule has 2 heterocycles. The van der Waals surface area contributed by atoms with Crippen molar-refractivity contribution < 1.29 is 8.42 Å². The van der Waals surface area contributed by atoms with Gasteiger partial charge < -0.3 is 5.32 Å². The van der Waals surface area contributed by atoms with Crippen molar-refractivity contribution in [1.29, 1.82) is 0 Å². The highest BCUT2D eigenvalue weighted by Gasteiger charge is 2.31. The van der Waals surface area contributed by atoms with Crippen LogP contribution in [0.5, 0.6) is 0 Å². The molecule has 0 radical (unpaired) electrons. The largest absolute Gasteiger partial charge is 0.312 e. The molecule has 1 fully saturated rings. The average molecular weight is 315 g/mol. The van der Waals surface area contributed by atoms with Crippen LogP contribution in [-0.4, -0.2) is 38.4 Å². The van der Waals surface area contributed by atoms with Crippen molar-refractivity contribution in [2.75, 3.05) is 19.6 Å². The van der Waals surface area contributed by atoms with Crippen LogP contribution in [0.2, 0.25) is 8.67 Å². The first-order valence-corrected chi connectivity index (χ1v) is 8.11. The van der Waals surface area contributed by atoms with E-state index in [-0.39, 0.29) is 15.3 Å². The van der Waals surface area contributed by atoms with Gasteiger partial charge in [-0.1, -0.05) is 23.2 Å². The SMILES string of the molecule is CC1CN(S(=O)(=O)c2cc(Cl)sc2Cl)CCN1. The summed E-state index contributed by atoms with van der Waals surface area (Å²) in [7, 11) is -3.52. The molecule has 1 saturated heterocycles. The molecule has 17 heavy (non-hydrogen) atoms. The lowest BCUT2D eigenvalue weighted by Gasteiger charge is -2.30. The molecular weight excluding hydrogens is 303 g/mol. The Bertz CT molecular complexity index is 515. The van der Waals surface area contributed by atoms with Gasteiger partial charge in [-0.2, -0.15) is 4.31 Å². The third-order valence-corrected chi connectivity index (χ3v) is 6.19. The van der Waals surface area contributed by atoms with E-state index >= 15 is 0 Å². The number of sulfonamides is 1. The predicted molar refractivity (Wildman–Crippen MR) is 70.6 cm³/mol. The maximum absolute atomic E-state index is 12.3. The highest BCUT2D eigenvalue weighted by molar-refractivity contribution is 7.89. The quantitative estimate of drug-likeness (QED) is 0.908. The van der Waals surface area contributed by atoms with E-state index in [9.17, 15) is 8.42 Å². The molecular formula is C9H12Cl2N2O2S2. The van der Waals surface area contributed by atoms with Gasteiger partial charge in [0.2, 0.25) is 10.0 Å². The third-order valence-electron chi connectivity index (χ3n) is 2.57. The highest BCUT2D eigenvalue weighted by Crippen LogP contribution is 2.35. The summed E-state index contributed by atoms with van der Waals surface area (Å²) >= 11 is 12.7. The molecule has 0 saturated carbocycles. The molecule has 0 bridgehead atoms. The monoisotopic (exact) mass is 314 g/mol. The van der Waals surface area contributed by atoms with Gasteiger partial charge in [0.05, 0.1) is 4.34 Å². The molecule has 8 heteroatoms. The highest BCUT2D eigenvalue weighted by atomic mass is 35.5. The van der Waals surface area contributed by atoms with Gasteiger partial charge in [0.25, 0.3) is 0 Å². The van der Waals surface area contributed by atoms with Crippen LogP contribution in [0.1, 0.15) is 6.92 Å². The summed E-state index contributed by atoms with van der Waals surface area (Å²) in [6.07, 6.45) is 0. The molecule has 1 aromatic rings. The Morgan fingerprint density at radius 1 is 1.53 bits per heavy atom. The van der Waals surface area contributed by atoms with Crippen molar-refractivity contribution in [1.82, 2.24) is 9.62 Å². The van der Waals surface area contributed by atoms with Crippen LogP contribution in [-0.2, 0) is 10.0 Å². The van der Waals surface area contributed by atoms with Gasteiger partial charge in [-0.05, 0) is 13.0 Å². The summed E-state index contributed by atoms with van der Waals surface area (Å²) < 4.78 is 26.7. The molecule has 1 unspecified atom stereocenters. The number of thiophene rings is 1. The summed E-state index contributed by atoms with van der Waals surface area (Å²) in [6, 6.07) is 1.56. The number of hydrogen-bond donors (Lipinski definition) is 1. The number of rotatable bonds is 2. The van der Waals surface area contributed by atoms with Crippen molar-refractivity contribution in [2.24, 2.45) is 0 Å². The first-order valence-electron chi connectivity index (χ1n) is 5.09. The molecule has 96 valence electrons. The molecule has 1 aliphatic rings. The Morgan fingerprint density at radius 2 is 2.24 bits per heavy atom. The van der Waals surface area contributed by atoms with Gasteiger partial charge in [0.1, 0.15) is 9.23 Å². The number of piperazine rings is 1. The van der Waals surface area contributed by atoms with E-state index in [0.29, 0.717) is 24.0 Å². The Kier molecular flexibility index (Phi) is 4.02. The zero-order chi connectivity index (χ0) is 12.6. The molecule has 0 spiro atoms. The van der Waals surface area contributed by atoms with Crippen LogP contribution in [0, 0.1) is 0 Å². The Labute approximate surface area is 115 Å². The minimum atomic E-state index is -3.52. The van der Waals surface area contributed by atoms with Crippen LogP contribution in [0.15, 0.2) is 11.0 Å². The van der Waals surface area contributed by atoms with E-state index in [0.717, 1.165) is 11.3 Å². The van der Waals surface area contributed by atoms with E-state index < -0.39 is 10.0 Å². The first kappa shape index (κ1) is 13.6. The second-order valence-corrected chi connectivity index (χ2v) is 8.10. The molecule has 0 amide bonds. The minimum absolute atomic E-state index is 0.114. The number of halogens is 2. The fourth-order valence-electron chi connectivity index (χ4n) is 1.76. The number of nitrogens with one attached hydrogen (secondary N) is 1. The second-order valence-electron chi connectivity index (χ2n) is 3.91. The topological polar surface area (TPSA) is 49.4 Å². The Hall–Kier alpha value is 0.150. The van der Waals surface area contributed by atoms with Crippen molar-refractivity contribution >= 4 is 44.6 Å². The average Bonchev–Trinajstić information content (AvgIpc) is 2.58. The Morgan fingerprint density at radius 3 is 2.76 bits per heavy atom. The third kappa shape index (κ3) is 2.77. The van der Waals surface area contributed by atoms with Crippen molar-refractivity contribution in [3.8, 4) is 0 Å². The zero-order valence-electron chi connectivity index (χ0n) is 9.11. The van der Waals surface area contributed by atoms with Crippen LogP contribution in [0.4, 0.5) is 0 Å². The molecule has 2 rings (SSSR count). The minimum Gasteiger partial charge on any atom is -0.312 e. The van der Waals surface area contributed by atoms with Crippen molar-refractivity contribution in [3.05, 3.63) is 14.7 Å². The summed E-state index contributed by atoms with van der Waals surface area (Å²) in [5.41, 5.74) is 0. The smallest absolute Gasteiger partial charge is 0.245 e. The lowest BCUT2D eigenvalue weighted by atomic mass is 10.3. The van der Waals surface area contributed by atoms with E-state index in [4.69, 9.17) is 23.2 Å². The van der Waals surface area contributed by atoms with Crippen LogP contribution >= 0.6 is 34.5 Å². The maximum atomic E-state index is 12.3. The summed E-state index contributed by atoms with van der Waals surface area (Å²) in [6.45, 7) is 3.50. The van der Waals surface area contributed by atoms with Crippen molar-refractivity contribution in [3.63, 3.8) is 0 Å². The number of nitrogens with zero attached hydrogens (tertiary/aromatic N) is 1. The standard InChI is InChI=1S/C9H12Cl2N2O2S2/c1-6-5-13(3-2-12-6)17(14,15)7-4-8(10)16-9(7)11/h4,6,12H,2-3,5H2,1H3. The van der Waals surface area contributed by atoms with Crippen molar-refractivity contribution in [2.45, 2.75) is 17.9 Å². The normalized spacial score (nSPS) is 22.9. The fourth-order valence-corrected chi connectivity index (χ4v) is 5.40. The maximum Gasteiger partial charge on any atom is 0.245 e. The lowest BCUT2D eigenvalue weighted by Crippen LogP contribution is -2.51. The number of hydrogen-bond acceptors (Lipinski definition) is 4. The van der Waals surface area contributed by atoms with Gasteiger partial charge in [-0.25, -0.2) is 8.42 Å². The van der Waals surface area contributed by atoms with E-state index in [1.165, 1.54) is 10.4 Å². The molecule has 1 aromatic heterocycles. The second kappa shape index (κ2) is 5.03. The van der Waals surface area contributed by atoms with E-state index in [1.54, 1.807) is 0 Å². The fraction of sp³-hybridized carbons (Fsp3) is 0.556. The predicted octanol–water partition coefficient (Wildman–Crippen LogP) is 2.04. The molecule has 1 atom stereocenters. The summed E-state index contributed by atoms with van der Waals surface area (Å²) in [5.74, 6) is 0. The lowest BCUT2D eigenvalue weighted by molar-refractivity contribution is 0.310. The van der Waals surface area contributed by atoms with Crippen LogP contribution < -0.4 is 5.32 Å². The first-order chi connectivity index (χ1) is 7.91. The van der Waals surface area contributed by atoms with Gasteiger partial charge in [-0.15, -0.1) is 11.3 Å². The Balaban J connectivity index is 2.33. The van der Waals surface area contributed by atoms with Gasteiger partial charge in [0, 0.05) is 25.7 Å². The van der Waals surface area contributed by atoms with Gasteiger partial charge in [-0.3, -0.25) is 0 Å². The van der Waals surface area contributed by atoms with Crippen LogP contribution in [0.3, 0.4) is 0 Å². The van der Waals surface area contributed by atoms with E-state index in [1.807, 2.05) is 6.92 Å². The molecule has 4 nitrogen and oxygen atoms in total. The van der Waals surface area contributed by atoms with Gasteiger partial charge in [0.15, 0.2) is 0 Å². The molecule has 0 aliphatic carbocycles. The molecule has 1 aliphatic heterocycles. The molecule has 1 N–H and O–H groups in total.